The Morgan fingerprint density at radius 3 is 1.97 bits per heavy atom. The average Bonchev–Trinajstić information content (AvgIpc) is 3.20. The number of amides is 1. The first kappa shape index (κ1) is 23.2. The summed E-state index contributed by atoms with van der Waals surface area (Å²) in [6, 6.07) is 21.0. The smallest absolute Gasteiger partial charge is 0.326 e. The predicted octanol–water partition coefficient (Wildman–Crippen LogP) is 5.62. The molecule has 1 aromatic heterocycles. The molecule has 7 heteroatoms. The summed E-state index contributed by atoms with van der Waals surface area (Å²) in [7, 11) is 0. The first-order chi connectivity index (χ1) is 17.4. The van der Waals surface area contributed by atoms with E-state index >= 15 is 0 Å². The van der Waals surface area contributed by atoms with Crippen LogP contribution in [-0.4, -0.2) is 37.9 Å². The molecule has 36 heavy (non-hydrogen) atoms. The number of nitrogens with zero attached hydrogens (tertiary/aromatic N) is 3. The number of fused-ring (bicyclic) bond motifs is 1. The van der Waals surface area contributed by atoms with Crippen LogP contribution in [0.1, 0.15) is 29.8 Å². The molecule has 1 atom stereocenters. The number of aromatic nitrogens is 2. The van der Waals surface area contributed by atoms with Crippen LogP contribution >= 0.6 is 0 Å². The molecule has 1 aliphatic rings. The fourth-order valence-corrected chi connectivity index (χ4v) is 4.61. The van der Waals surface area contributed by atoms with Crippen LogP contribution in [-0.2, 0) is 11.3 Å². The molecular formula is C29H26N4O3. The van der Waals surface area contributed by atoms with Crippen molar-refractivity contribution in [2.24, 2.45) is 5.92 Å². The van der Waals surface area contributed by atoms with Gasteiger partial charge in [0.05, 0.1) is 0 Å². The van der Waals surface area contributed by atoms with Gasteiger partial charge < -0.3 is 15.3 Å². The summed E-state index contributed by atoms with van der Waals surface area (Å²) >= 11 is 0. The minimum atomic E-state index is -0.974. The van der Waals surface area contributed by atoms with Crippen LogP contribution in [0, 0.1) is 5.92 Å². The first-order valence-electron chi connectivity index (χ1n) is 11.8. The number of rotatable bonds is 7. The lowest BCUT2D eigenvalue weighted by molar-refractivity contribution is -0.144. The quantitative estimate of drug-likeness (QED) is 0.358. The summed E-state index contributed by atoms with van der Waals surface area (Å²) in [5.41, 5.74) is 7.25. The van der Waals surface area contributed by atoms with Gasteiger partial charge in [-0.1, -0.05) is 50.2 Å². The predicted molar refractivity (Wildman–Crippen MR) is 139 cm³/mol. The second-order valence-electron chi connectivity index (χ2n) is 9.24. The highest BCUT2D eigenvalue weighted by Gasteiger charge is 2.38. The third-order valence-corrected chi connectivity index (χ3v) is 6.45. The summed E-state index contributed by atoms with van der Waals surface area (Å²) in [5.74, 6) is -1.38. The van der Waals surface area contributed by atoms with E-state index in [0.717, 1.165) is 39.2 Å². The highest BCUT2D eigenvalue weighted by Crippen LogP contribution is 2.32. The van der Waals surface area contributed by atoms with E-state index in [1.807, 2.05) is 80.6 Å². The maximum Gasteiger partial charge on any atom is 0.326 e. The Hall–Kier alpha value is -4.52. The largest absolute Gasteiger partial charge is 0.480 e. The fourth-order valence-electron chi connectivity index (χ4n) is 4.61. The van der Waals surface area contributed by atoms with E-state index < -0.39 is 12.0 Å². The van der Waals surface area contributed by atoms with E-state index in [2.05, 4.69) is 15.3 Å². The standard InChI is InChI=1S/C29H26N4O3/c1-18(2)27(29(35)36)33-16-22-4-3-21(13-26(22)28(33)34)19-5-9-24(10-6-19)32-25-11-7-20(8-12-25)23-14-30-17-31-15-23/h3-15,17-18,27,32H,16H2,1-2H3,(H,35,36)/t27-/m0/s1. The Morgan fingerprint density at radius 1 is 0.861 bits per heavy atom. The molecule has 0 spiro atoms. The van der Waals surface area contributed by atoms with Crippen LogP contribution in [0.4, 0.5) is 11.4 Å². The number of carbonyl (C=O) groups excluding carboxylic acids is 1. The number of hydrogen-bond acceptors (Lipinski definition) is 5. The molecular weight excluding hydrogens is 452 g/mol. The molecule has 3 aromatic carbocycles. The molecule has 0 saturated carbocycles. The Bertz CT molecular complexity index is 1400. The van der Waals surface area contributed by atoms with E-state index in [1.54, 1.807) is 12.4 Å². The van der Waals surface area contributed by atoms with Crippen LogP contribution in [0.5, 0.6) is 0 Å². The summed E-state index contributed by atoms with van der Waals surface area (Å²) < 4.78 is 0. The van der Waals surface area contributed by atoms with Crippen molar-refractivity contribution < 1.29 is 14.7 Å². The van der Waals surface area contributed by atoms with E-state index in [9.17, 15) is 14.7 Å². The molecule has 0 aliphatic carbocycles. The first-order valence-corrected chi connectivity index (χ1v) is 11.8. The molecule has 1 amide bonds. The van der Waals surface area contributed by atoms with Crippen molar-refractivity contribution in [2.45, 2.75) is 26.4 Å². The number of nitrogens with one attached hydrogen (secondary N) is 1. The molecule has 0 fully saturated rings. The molecule has 5 rings (SSSR count). The van der Waals surface area contributed by atoms with Crippen LogP contribution in [0.25, 0.3) is 22.3 Å². The molecule has 2 heterocycles. The molecule has 0 bridgehead atoms. The van der Waals surface area contributed by atoms with Gasteiger partial charge in [0.2, 0.25) is 0 Å². The second kappa shape index (κ2) is 9.62. The maximum atomic E-state index is 13.0. The molecule has 7 nitrogen and oxygen atoms in total. The van der Waals surface area contributed by atoms with Gasteiger partial charge in [-0.05, 0) is 58.5 Å². The topological polar surface area (TPSA) is 95.4 Å². The van der Waals surface area contributed by atoms with Gasteiger partial charge in [0.25, 0.3) is 5.91 Å². The zero-order valence-corrected chi connectivity index (χ0v) is 20.1. The highest BCUT2D eigenvalue weighted by molar-refractivity contribution is 6.01. The van der Waals surface area contributed by atoms with E-state index in [0.29, 0.717) is 12.1 Å². The van der Waals surface area contributed by atoms with Crippen molar-refractivity contribution in [3.05, 3.63) is 96.6 Å². The molecule has 1 aliphatic heterocycles. The van der Waals surface area contributed by atoms with Crippen LogP contribution in [0.15, 0.2) is 85.5 Å². The van der Waals surface area contributed by atoms with Crippen molar-refractivity contribution >= 4 is 23.3 Å². The molecule has 180 valence electrons. The monoisotopic (exact) mass is 478 g/mol. The van der Waals surface area contributed by atoms with Crippen LogP contribution in [0.3, 0.4) is 0 Å². The van der Waals surface area contributed by atoms with Gasteiger partial charge in [-0.3, -0.25) is 4.79 Å². The number of carboxylic acids is 1. The maximum absolute atomic E-state index is 13.0. The Labute approximate surface area is 209 Å². The average molecular weight is 479 g/mol. The Morgan fingerprint density at radius 2 is 1.42 bits per heavy atom. The van der Waals surface area contributed by atoms with E-state index in [-0.39, 0.29) is 11.8 Å². The summed E-state index contributed by atoms with van der Waals surface area (Å²) in [5, 5.41) is 13.0. The normalized spacial score (nSPS) is 13.5. The van der Waals surface area contributed by atoms with Gasteiger partial charge in [-0.15, -0.1) is 0 Å². The molecule has 0 unspecified atom stereocenters. The van der Waals surface area contributed by atoms with Crippen molar-refractivity contribution in [3.63, 3.8) is 0 Å². The van der Waals surface area contributed by atoms with Crippen LogP contribution in [0.2, 0.25) is 0 Å². The van der Waals surface area contributed by atoms with Crippen molar-refractivity contribution in [1.29, 1.82) is 0 Å². The molecule has 0 radical (unpaired) electrons. The van der Waals surface area contributed by atoms with Crippen LogP contribution < -0.4 is 5.32 Å². The van der Waals surface area contributed by atoms with Gasteiger partial charge in [0, 0.05) is 41.4 Å². The number of benzene rings is 3. The van der Waals surface area contributed by atoms with Gasteiger partial charge in [-0.2, -0.15) is 0 Å². The molecule has 2 N–H and O–H groups in total. The number of anilines is 2. The molecule has 4 aromatic rings. The van der Waals surface area contributed by atoms with E-state index in [4.69, 9.17) is 0 Å². The van der Waals surface area contributed by atoms with Gasteiger partial charge in [0.15, 0.2) is 0 Å². The second-order valence-corrected chi connectivity index (χ2v) is 9.24. The lowest BCUT2D eigenvalue weighted by Gasteiger charge is -2.27. The fraction of sp³-hybridized carbons (Fsp3) is 0.172. The van der Waals surface area contributed by atoms with E-state index in [1.165, 1.54) is 11.2 Å². The third-order valence-electron chi connectivity index (χ3n) is 6.45. The minimum Gasteiger partial charge on any atom is -0.480 e. The summed E-state index contributed by atoms with van der Waals surface area (Å²) in [6.45, 7) is 3.97. The summed E-state index contributed by atoms with van der Waals surface area (Å²) in [6.07, 6.45) is 5.08. The third kappa shape index (κ3) is 4.55. The Kier molecular flexibility index (Phi) is 6.21. The number of carboxylic acid groups (broad SMARTS) is 1. The lowest BCUT2D eigenvalue weighted by Crippen LogP contribution is -2.44. The zero-order valence-electron chi connectivity index (χ0n) is 20.1. The van der Waals surface area contributed by atoms with Gasteiger partial charge in [-0.25, -0.2) is 14.8 Å². The number of hydrogen-bond donors (Lipinski definition) is 2. The van der Waals surface area contributed by atoms with Crippen molar-refractivity contribution in [1.82, 2.24) is 14.9 Å². The van der Waals surface area contributed by atoms with Crippen molar-refractivity contribution in [3.8, 4) is 22.3 Å². The molecule has 0 saturated heterocycles. The Balaban J connectivity index is 1.30. The van der Waals surface area contributed by atoms with Gasteiger partial charge in [0.1, 0.15) is 12.4 Å². The lowest BCUT2D eigenvalue weighted by atomic mass is 10.00. The van der Waals surface area contributed by atoms with Gasteiger partial charge >= 0.3 is 5.97 Å². The summed E-state index contributed by atoms with van der Waals surface area (Å²) in [4.78, 5) is 34.4. The van der Waals surface area contributed by atoms with Crippen molar-refractivity contribution in [2.75, 3.05) is 5.32 Å². The SMILES string of the molecule is CC(C)[C@@H](C(=O)O)N1Cc2ccc(-c3ccc(Nc4ccc(-c5cncnc5)cc4)cc3)cc2C1=O. The number of carbonyl (C=O) groups is 2. The highest BCUT2D eigenvalue weighted by atomic mass is 16.4. The number of aliphatic carboxylic acids is 1. The zero-order chi connectivity index (χ0) is 25.2. The minimum absolute atomic E-state index is 0.177.